The summed E-state index contributed by atoms with van der Waals surface area (Å²) in [6.45, 7) is 4.93. The van der Waals surface area contributed by atoms with E-state index in [1.807, 2.05) is 0 Å². The predicted molar refractivity (Wildman–Crippen MR) is 170 cm³/mol. The highest BCUT2D eigenvalue weighted by atomic mass is 35.5. The van der Waals surface area contributed by atoms with E-state index in [2.05, 4.69) is 25.5 Å². The van der Waals surface area contributed by atoms with Crippen molar-refractivity contribution in [2.45, 2.75) is 6.42 Å². The molecule has 0 atom stereocenters. The Balaban J connectivity index is 1.42. The maximum Gasteiger partial charge on any atom is 0.270 e. The van der Waals surface area contributed by atoms with Crippen molar-refractivity contribution >= 4 is 51.3 Å². The lowest BCUT2D eigenvalue weighted by atomic mass is 10.1. The number of halogens is 2. The largest absolute Gasteiger partial charge is 0.491 e. The molecule has 13 nitrogen and oxygen atoms in total. The van der Waals surface area contributed by atoms with Crippen LogP contribution in [0.2, 0.25) is 5.02 Å². The Morgan fingerprint density at radius 2 is 1.87 bits per heavy atom. The molecule has 2 N–H and O–H groups in total. The molecule has 0 radical (unpaired) electrons. The van der Waals surface area contributed by atoms with E-state index in [0.29, 0.717) is 78.4 Å². The van der Waals surface area contributed by atoms with E-state index >= 15 is 0 Å². The zero-order valence-electron chi connectivity index (χ0n) is 25.0. The minimum Gasteiger partial charge on any atom is -0.491 e. The summed E-state index contributed by atoms with van der Waals surface area (Å²) in [4.78, 5) is 34.9. The number of ether oxygens (including phenoxy) is 4. The van der Waals surface area contributed by atoms with E-state index in [9.17, 15) is 19.3 Å². The summed E-state index contributed by atoms with van der Waals surface area (Å²) in [5.41, 5.74) is 0.408. The second-order valence-electron chi connectivity index (χ2n) is 10.2. The van der Waals surface area contributed by atoms with Crippen molar-refractivity contribution < 1.29 is 33.1 Å². The molecule has 0 spiro atoms. The Morgan fingerprint density at radius 3 is 2.63 bits per heavy atom. The molecular weight excluding hydrogens is 623 g/mol. The molecule has 46 heavy (non-hydrogen) atoms. The van der Waals surface area contributed by atoms with Crippen LogP contribution in [0.1, 0.15) is 16.8 Å². The number of morpholine rings is 1. The second-order valence-corrected chi connectivity index (χ2v) is 10.6. The number of hydrogen-bond acceptors (Lipinski definition) is 11. The average Bonchev–Trinajstić information content (AvgIpc) is 3.05. The first kappa shape index (κ1) is 32.8. The first-order valence-corrected chi connectivity index (χ1v) is 14.9. The molecule has 1 fully saturated rings. The highest BCUT2D eigenvalue weighted by Gasteiger charge is 2.20. The topological polar surface area (TPSA) is 150 Å². The summed E-state index contributed by atoms with van der Waals surface area (Å²) in [5, 5.41) is 18.0. The van der Waals surface area contributed by atoms with Crippen LogP contribution in [0, 0.1) is 15.9 Å². The van der Waals surface area contributed by atoms with Crippen molar-refractivity contribution in [2.24, 2.45) is 0 Å². The van der Waals surface area contributed by atoms with Gasteiger partial charge in [-0.1, -0.05) is 11.6 Å². The van der Waals surface area contributed by atoms with E-state index in [1.54, 1.807) is 37.4 Å². The summed E-state index contributed by atoms with van der Waals surface area (Å²) >= 11 is 6.42. The second kappa shape index (κ2) is 15.6. The summed E-state index contributed by atoms with van der Waals surface area (Å²) < 4.78 is 36.8. The SMILES string of the molecule is COCCOc1ccc(Nc2ncnc3cc(OCCCN4CCOCC4)c(NC(=O)c4cc([N+](=O)[O-])ccc4F)cc23)cc1Cl. The molecule has 0 aliphatic carbocycles. The fourth-order valence-corrected chi connectivity index (χ4v) is 4.99. The van der Waals surface area contributed by atoms with Gasteiger partial charge < -0.3 is 29.6 Å². The highest BCUT2D eigenvalue weighted by Crippen LogP contribution is 2.35. The fourth-order valence-electron chi connectivity index (χ4n) is 4.75. The standard InChI is InChI=1S/C31H32ClFN6O7/c1-43-13-14-46-28-6-3-20(15-24(28)32)36-30-23-17-27(37-31(40)22-16-21(39(41)42)4-5-25(22)33)29(18-26(23)34-19-35-30)45-10-2-7-38-8-11-44-12-9-38/h3-6,15-19H,2,7-14H2,1H3,(H,37,40)(H,34,35,36). The van der Waals surface area contributed by atoms with Crippen LogP contribution in [0.5, 0.6) is 11.5 Å². The summed E-state index contributed by atoms with van der Waals surface area (Å²) in [5.74, 6) is -0.621. The smallest absolute Gasteiger partial charge is 0.270 e. The number of nitro benzene ring substituents is 1. The van der Waals surface area contributed by atoms with Gasteiger partial charge in [-0.25, -0.2) is 14.4 Å². The van der Waals surface area contributed by atoms with E-state index in [4.69, 9.17) is 30.5 Å². The third-order valence-electron chi connectivity index (χ3n) is 7.11. The van der Waals surface area contributed by atoms with Crippen molar-refractivity contribution in [3.63, 3.8) is 0 Å². The number of nitro groups is 1. The van der Waals surface area contributed by atoms with Crippen LogP contribution in [0.15, 0.2) is 54.9 Å². The number of nitrogens with zero attached hydrogens (tertiary/aromatic N) is 4. The number of anilines is 3. The quantitative estimate of drug-likeness (QED) is 0.101. The van der Waals surface area contributed by atoms with Gasteiger partial charge in [-0.2, -0.15) is 0 Å². The van der Waals surface area contributed by atoms with Crippen LogP contribution >= 0.6 is 11.6 Å². The van der Waals surface area contributed by atoms with Gasteiger partial charge in [-0.3, -0.25) is 19.8 Å². The first-order valence-electron chi connectivity index (χ1n) is 14.5. The molecule has 1 aliphatic rings. The van der Waals surface area contributed by atoms with Crippen LogP contribution in [0.4, 0.5) is 27.3 Å². The van der Waals surface area contributed by atoms with Gasteiger partial charge in [0.1, 0.15) is 36.1 Å². The lowest BCUT2D eigenvalue weighted by Gasteiger charge is -2.26. The molecule has 4 aromatic rings. The predicted octanol–water partition coefficient (Wildman–Crippen LogP) is 5.45. The van der Waals surface area contributed by atoms with E-state index in [0.717, 1.165) is 37.8 Å². The lowest BCUT2D eigenvalue weighted by Crippen LogP contribution is -2.37. The van der Waals surface area contributed by atoms with Crippen molar-refractivity contribution in [1.82, 2.24) is 14.9 Å². The van der Waals surface area contributed by atoms with Gasteiger partial charge in [0.05, 0.1) is 53.1 Å². The minimum absolute atomic E-state index is 0.201. The fraction of sp³-hybridized carbons (Fsp3) is 0.323. The number of rotatable bonds is 14. The van der Waals surface area contributed by atoms with Gasteiger partial charge in [-0.05, 0) is 36.8 Å². The third-order valence-corrected chi connectivity index (χ3v) is 7.41. The molecule has 242 valence electrons. The number of hydrogen-bond donors (Lipinski definition) is 2. The zero-order valence-corrected chi connectivity index (χ0v) is 25.7. The van der Waals surface area contributed by atoms with Gasteiger partial charge >= 0.3 is 0 Å². The molecule has 0 saturated carbocycles. The molecule has 3 aromatic carbocycles. The summed E-state index contributed by atoms with van der Waals surface area (Å²) in [6, 6.07) is 11.2. The van der Waals surface area contributed by atoms with Crippen molar-refractivity contribution in [3.05, 3.63) is 81.4 Å². The maximum atomic E-state index is 14.6. The van der Waals surface area contributed by atoms with Crippen LogP contribution < -0.4 is 20.1 Å². The molecule has 15 heteroatoms. The Morgan fingerprint density at radius 1 is 1.07 bits per heavy atom. The van der Waals surface area contributed by atoms with Gasteiger partial charge in [0.25, 0.3) is 11.6 Å². The number of nitrogens with one attached hydrogen (secondary N) is 2. The molecule has 1 aromatic heterocycles. The zero-order chi connectivity index (χ0) is 32.5. The molecule has 0 bridgehead atoms. The van der Waals surface area contributed by atoms with Gasteiger partial charge in [0.2, 0.25) is 0 Å². The van der Waals surface area contributed by atoms with Gasteiger partial charge in [-0.15, -0.1) is 0 Å². The average molecular weight is 655 g/mol. The van der Waals surface area contributed by atoms with E-state index in [1.165, 1.54) is 6.33 Å². The Hall–Kier alpha value is -4.63. The van der Waals surface area contributed by atoms with Crippen LogP contribution in [0.25, 0.3) is 10.9 Å². The molecule has 2 heterocycles. The van der Waals surface area contributed by atoms with Crippen molar-refractivity contribution in [1.29, 1.82) is 0 Å². The first-order chi connectivity index (χ1) is 22.3. The summed E-state index contributed by atoms with van der Waals surface area (Å²) in [6.07, 6.45) is 2.08. The molecular formula is C31H32ClFN6O7. The lowest BCUT2D eigenvalue weighted by molar-refractivity contribution is -0.384. The molecule has 1 aliphatic heterocycles. The van der Waals surface area contributed by atoms with Crippen molar-refractivity contribution in [3.8, 4) is 11.5 Å². The number of methoxy groups -OCH3 is 1. The monoisotopic (exact) mass is 654 g/mol. The number of carbonyl (C=O) groups excluding carboxylic acids is 1. The van der Waals surface area contributed by atoms with E-state index in [-0.39, 0.29) is 5.69 Å². The number of benzene rings is 3. The third kappa shape index (κ3) is 8.34. The highest BCUT2D eigenvalue weighted by molar-refractivity contribution is 6.32. The summed E-state index contributed by atoms with van der Waals surface area (Å²) in [7, 11) is 1.58. The van der Waals surface area contributed by atoms with Crippen LogP contribution in [0.3, 0.4) is 0 Å². The molecule has 0 unspecified atom stereocenters. The number of fused-ring (bicyclic) bond motifs is 1. The van der Waals surface area contributed by atoms with Gasteiger partial charge in [0, 0.05) is 56.0 Å². The maximum absolute atomic E-state index is 14.6. The Kier molecular flexibility index (Phi) is 11.1. The Labute approximate surface area is 268 Å². The van der Waals surface area contributed by atoms with Gasteiger partial charge in [0.15, 0.2) is 0 Å². The Bertz CT molecular complexity index is 1710. The molecule has 1 saturated heterocycles. The molecule has 5 rings (SSSR count). The molecule has 1 amide bonds. The van der Waals surface area contributed by atoms with Crippen molar-refractivity contribution in [2.75, 3.05) is 70.4 Å². The van der Waals surface area contributed by atoms with Crippen LogP contribution in [-0.4, -0.2) is 85.5 Å². The van der Waals surface area contributed by atoms with E-state index < -0.39 is 27.9 Å². The minimum atomic E-state index is -0.908. The number of aromatic nitrogens is 2. The number of carbonyl (C=O) groups is 1. The number of non-ortho nitro benzene ring substituents is 1. The normalized spacial score (nSPS) is 13.4. The number of amides is 1. The van der Waals surface area contributed by atoms with Crippen LogP contribution in [-0.2, 0) is 9.47 Å².